The van der Waals surface area contributed by atoms with E-state index in [4.69, 9.17) is 14.6 Å². The van der Waals surface area contributed by atoms with Gasteiger partial charge in [-0.2, -0.15) is 0 Å². The molecule has 3 rings (SSSR count). The maximum absolute atomic E-state index is 11.8. The Morgan fingerprint density at radius 1 is 1.09 bits per heavy atom. The molecule has 4 heteroatoms. The van der Waals surface area contributed by atoms with Crippen molar-refractivity contribution in [3.63, 3.8) is 0 Å². The second-order valence-electron chi connectivity index (χ2n) is 5.46. The zero-order chi connectivity index (χ0) is 15.4. The highest BCUT2D eigenvalue weighted by Gasteiger charge is 2.43. The standard InChI is InChI=1S/C18H18O4/c19-11-14-10-17(14)18(20)21-12-13-5-4-8-16(9-13)22-15-6-2-1-3-7-15/h1-9,14,17,19H,10-12H2. The van der Waals surface area contributed by atoms with Crippen LogP contribution in [0.2, 0.25) is 0 Å². The molecule has 0 aromatic heterocycles. The third kappa shape index (κ3) is 3.65. The summed E-state index contributed by atoms with van der Waals surface area (Å²) in [5, 5.41) is 8.96. The van der Waals surface area contributed by atoms with Crippen LogP contribution in [-0.2, 0) is 16.1 Å². The molecule has 2 unspecified atom stereocenters. The van der Waals surface area contributed by atoms with E-state index in [-0.39, 0.29) is 31.0 Å². The molecule has 1 N–H and O–H groups in total. The van der Waals surface area contributed by atoms with Crippen molar-refractivity contribution < 1.29 is 19.4 Å². The summed E-state index contributed by atoms with van der Waals surface area (Å²) in [6.45, 7) is 0.277. The monoisotopic (exact) mass is 298 g/mol. The highest BCUT2D eigenvalue weighted by molar-refractivity contribution is 5.75. The number of rotatable bonds is 6. The predicted octanol–water partition coefficient (Wildman–Crippen LogP) is 3.15. The summed E-state index contributed by atoms with van der Waals surface area (Å²) in [6, 6.07) is 17.0. The summed E-state index contributed by atoms with van der Waals surface area (Å²) in [5.41, 5.74) is 0.878. The Balaban J connectivity index is 1.56. The Labute approximate surface area is 129 Å². The van der Waals surface area contributed by atoms with E-state index in [1.54, 1.807) is 0 Å². The third-order valence-electron chi connectivity index (χ3n) is 3.72. The van der Waals surface area contributed by atoms with Gasteiger partial charge >= 0.3 is 5.97 Å². The number of carbonyl (C=O) groups is 1. The lowest BCUT2D eigenvalue weighted by Crippen LogP contribution is -2.09. The van der Waals surface area contributed by atoms with Crippen molar-refractivity contribution >= 4 is 5.97 Å². The number of hydrogen-bond acceptors (Lipinski definition) is 4. The summed E-state index contributed by atoms with van der Waals surface area (Å²) < 4.78 is 11.0. The second kappa shape index (κ2) is 6.62. The van der Waals surface area contributed by atoms with E-state index in [2.05, 4.69) is 0 Å². The fourth-order valence-corrected chi connectivity index (χ4v) is 2.32. The van der Waals surface area contributed by atoms with Gasteiger partial charge in [0.05, 0.1) is 5.92 Å². The number of esters is 1. The van der Waals surface area contributed by atoms with Crippen molar-refractivity contribution in [2.24, 2.45) is 11.8 Å². The summed E-state index contributed by atoms with van der Waals surface area (Å²) >= 11 is 0. The van der Waals surface area contributed by atoms with E-state index in [1.807, 2.05) is 54.6 Å². The van der Waals surface area contributed by atoms with E-state index >= 15 is 0 Å². The number of hydrogen-bond donors (Lipinski definition) is 1. The molecule has 2 aromatic carbocycles. The van der Waals surface area contributed by atoms with Crippen molar-refractivity contribution in [2.45, 2.75) is 13.0 Å². The lowest BCUT2D eigenvalue weighted by atomic mass is 10.2. The van der Waals surface area contributed by atoms with Crippen LogP contribution in [0.1, 0.15) is 12.0 Å². The van der Waals surface area contributed by atoms with E-state index in [1.165, 1.54) is 0 Å². The van der Waals surface area contributed by atoms with Gasteiger partial charge < -0.3 is 14.6 Å². The van der Waals surface area contributed by atoms with Gasteiger partial charge in [0.25, 0.3) is 0 Å². The number of benzene rings is 2. The molecule has 2 atom stereocenters. The van der Waals surface area contributed by atoms with Gasteiger partial charge in [0.2, 0.25) is 0 Å². The molecule has 0 saturated heterocycles. The van der Waals surface area contributed by atoms with Gasteiger partial charge in [-0.3, -0.25) is 4.79 Å². The Kier molecular flexibility index (Phi) is 4.39. The van der Waals surface area contributed by atoms with Crippen LogP contribution in [0.5, 0.6) is 11.5 Å². The number of aliphatic hydroxyl groups is 1. The van der Waals surface area contributed by atoms with E-state index in [9.17, 15) is 4.79 Å². The summed E-state index contributed by atoms with van der Waals surface area (Å²) in [4.78, 5) is 11.8. The van der Waals surface area contributed by atoms with Gasteiger partial charge in [-0.25, -0.2) is 0 Å². The molecule has 2 aromatic rings. The smallest absolute Gasteiger partial charge is 0.309 e. The van der Waals surface area contributed by atoms with Gasteiger partial charge in [0.15, 0.2) is 0 Å². The van der Waals surface area contributed by atoms with Crippen LogP contribution in [0.25, 0.3) is 0 Å². The minimum absolute atomic E-state index is 0.0557. The molecule has 1 saturated carbocycles. The quantitative estimate of drug-likeness (QED) is 0.832. The van der Waals surface area contributed by atoms with Crippen molar-refractivity contribution in [1.29, 1.82) is 0 Å². The topological polar surface area (TPSA) is 55.8 Å². The highest BCUT2D eigenvalue weighted by Crippen LogP contribution is 2.39. The average Bonchev–Trinajstić information content (AvgIpc) is 3.34. The van der Waals surface area contributed by atoms with Gasteiger partial charge in [-0.05, 0) is 42.2 Å². The highest BCUT2D eigenvalue weighted by atomic mass is 16.5. The molecule has 0 heterocycles. The lowest BCUT2D eigenvalue weighted by molar-refractivity contribution is -0.147. The van der Waals surface area contributed by atoms with Crippen molar-refractivity contribution in [1.82, 2.24) is 0 Å². The number of aliphatic hydroxyl groups excluding tert-OH is 1. The molecule has 1 aliphatic rings. The third-order valence-corrected chi connectivity index (χ3v) is 3.72. The Bertz CT molecular complexity index is 639. The van der Waals surface area contributed by atoms with Crippen molar-refractivity contribution in [3.05, 3.63) is 60.2 Å². The summed E-state index contributed by atoms with van der Waals surface area (Å²) in [7, 11) is 0. The minimum atomic E-state index is -0.228. The first-order chi connectivity index (χ1) is 10.8. The molecular formula is C18H18O4. The SMILES string of the molecule is O=C(OCc1cccc(Oc2ccccc2)c1)C1CC1CO. The number of ether oxygens (including phenoxy) is 2. The molecule has 0 amide bonds. The Morgan fingerprint density at radius 2 is 1.86 bits per heavy atom. The normalized spacial score (nSPS) is 19.5. The van der Waals surface area contributed by atoms with Crippen LogP contribution in [0.15, 0.2) is 54.6 Å². The van der Waals surface area contributed by atoms with Crippen molar-refractivity contribution in [3.8, 4) is 11.5 Å². The van der Waals surface area contributed by atoms with Gasteiger partial charge in [0, 0.05) is 6.61 Å². The van der Waals surface area contributed by atoms with Gasteiger partial charge in [-0.15, -0.1) is 0 Å². The maximum atomic E-state index is 11.8. The fraction of sp³-hybridized carbons (Fsp3) is 0.278. The fourth-order valence-electron chi connectivity index (χ4n) is 2.32. The van der Waals surface area contributed by atoms with Crippen LogP contribution in [0, 0.1) is 11.8 Å². The van der Waals surface area contributed by atoms with Crippen LogP contribution in [-0.4, -0.2) is 17.7 Å². The zero-order valence-corrected chi connectivity index (χ0v) is 12.1. The van der Waals surface area contributed by atoms with Crippen molar-refractivity contribution in [2.75, 3.05) is 6.61 Å². The predicted molar refractivity (Wildman–Crippen MR) is 81.4 cm³/mol. The number of carbonyl (C=O) groups excluding carboxylic acids is 1. The zero-order valence-electron chi connectivity index (χ0n) is 12.1. The van der Waals surface area contributed by atoms with Gasteiger partial charge in [-0.1, -0.05) is 30.3 Å². The minimum Gasteiger partial charge on any atom is -0.461 e. The first kappa shape index (κ1) is 14.6. The molecular weight excluding hydrogens is 280 g/mol. The molecule has 0 aliphatic heterocycles. The average molecular weight is 298 g/mol. The molecule has 0 bridgehead atoms. The largest absolute Gasteiger partial charge is 0.461 e. The molecule has 22 heavy (non-hydrogen) atoms. The molecule has 1 aliphatic carbocycles. The molecule has 0 spiro atoms. The van der Waals surface area contributed by atoms with Crippen LogP contribution >= 0.6 is 0 Å². The van der Waals surface area contributed by atoms with Crippen LogP contribution in [0.3, 0.4) is 0 Å². The van der Waals surface area contributed by atoms with E-state index in [0.29, 0.717) is 5.75 Å². The molecule has 4 nitrogen and oxygen atoms in total. The molecule has 1 fully saturated rings. The first-order valence-corrected chi connectivity index (χ1v) is 7.35. The molecule has 0 radical (unpaired) electrons. The summed E-state index contributed by atoms with van der Waals surface area (Å²) in [5.74, 6) is 1.20. The number of para-hydroxylation sites is 1. The maximum Gasteiger partial charge on any atom is 0.309 e. The first-order valence-electron chi connectivity index (χ1n) is 7.35. The Morgan fingerprint density at radius 3 is 2.59 bits per heavy atom. The summed E-state index contributed by atoms with van der Waals surface area (Å²) in [6.07, 6.45) is 0.729. The van der Waals surface area contributed by atoms with E-state index in [0.717, 1.165) is 17.7 Å². The lowest BCUT2D eigenvalue weighted by Gasteiger charge is -2.08. The van der Waals surface area contributed by atoms with Gasteiger partial charge in [0.1, 0.15) is 18.1 Å². The van der Waals surface area contributed by atoms with Crippen LogP contribution < -0.4 is 4.74 Å². The second-order valence-corrected chi connectivity index (χ2v) is 5.46. The molecule has 114 valence electrons. The van der Waals surface area contributed by atoms with Crippen LogP contribution in [0.4, 0.5) is 0 Å². The van der Waals surface area contributed by atoms with E-state index < -0.39 is 0 Å². The Hall–Kier alpha value is -2.33.